The lowest BCUT2D eigenvalue weighted by Crippen LogP contribution is -2.42. The van der Waals surface area contributed by atoms with Crippen molar-refractivity contribution in [3.63, 3.8) is 0 Å². The fourth-order valence-electron chi connectivity index (χ4n) is 4.49. The van der Waals surface area contributed by atoms with Gasteiger partial charge in [0.1, 0.15) is 11.4 Å². The number of methoxy groups -OCH3 is 1. The van der Waals surface area contributed by atoms with Gasteiger partial charge in [0.25, 0.3) is 0 Å². The van der Waals surface area contributed by atoms with Crippen LogP contribution in [0.2, 0.25) is 0 Å². The van der Waals surface area contributed by atoms with Crippen LogP contribution in [-0.4, -0.2) is 58.4 Å². The maximum atomic E-state index is 11.0. The fraction of sp³-hybridized carbons (Fsp3) is 0.440. The molecule has 2 N–H and O–H groups in total. The molecular weight excluding hydrogens is 422 g/mol. The Kier molecular flexibility index (Phi) is 7.72. The van der Waals surface area contributed by atoms with Crippen molar-refractivity contribution in [2.45, 2.75) is 25.4 Å². The molecule has 3 atom stereocenters. The van der Waals surface area contributed by atoms with E-state index in [2.05, 4.69) is 26.7 Å². The van der Waals surface area contributed by atoms with Crippen LogP contribution in [0.15, 0.2) is 41.4 Å². The van der Waals surface area contributed by atoms with Crippen molar-refractivity contribution in [1.82, 2.24) is 14.9 Å². The number of nitrogens with zero attached hydrogens (tertiary/aromatic N) is 3. The van der Waals surface area contributed by atoms with E-state index in [-0.39, 0.29) is 12.5 Å². The molecule has 0 amide bonds. The molecule has 4 rings (SSSR count). The van der Waals surface area contributed by atoms with Gasteiger partial charge < -0.3 is 14.9 Å². The summed E-state index contributed by atoms with van der Waals surface area (Å²) in [6.45, 7) is 2.64. The number of aliphatic hydroxyl groups is 2. The first-order valence-corrected chi connectivity index (χ1v) is 11.9. The molecule has 3 aromatic rings. The van der Waals surface area contributed by atoms with Crippen LogP contribution in [0.3, 0.4) is 0 Å². The lowest BCUT2D eigenvalue weighted by molar-refractivity contribution is 0.0640. The fourth-order valence-corrected chi connectivity index (χ4v) is 4.98. The second kappa shape index (κ2) is 10.9. The number of aromatic nitrogens is 2. The van der Waals surface area contributed by atoms with Crippen LogP contribution in [0.5, 0.6) is 5.75 Å². The minimum atomic E-state index is -0.575. The summed E-state index contributed by atoms with van der Waals surface area (Å²) in [5.41, 5.74) is 4.34. The summed E-state index contributed by atoms with van der Waals surface area (Å²) in [5, 5.41) is 23.8. The summed E-state index contributed by atoms with van der Waals surface area (Å²) in [6.07, 6.45) is 3.70. The summed E-state index contributed by atoms with van der Waals surface area (Å²) in [7, 11) is 1.64. The number of piperidine rings is 1. The highest BCUT2D eigenvalue weighted by atomic mass is 32.1. The number of hydrogen-bond donors (Lipinski definition) is 2. The van der Waals surface area contributed by atoms with Crippen LogP contribution in [0.1, 0.15) is 36.6 Å². The topological polar surface area (TPSA) is 78.7 Å². The molecule has 1 aliphatic rings. The van der Waals surface area contributed by atoms with Crippen molar-refractivity contribution in [3.8, 4) is 17.6 Å². The zero-order chi connectivity index (χ0) is 22.3. The lowest BCUT2D eigenvalue weighted by Gasteiger charge is -2.37. The largest absolute Gasteiger partial charge is 0.497 e. The molecule has 2 aromatic heterocycles. The van der Waals surface area contributed by atoms with E-state index in [1.54, 1.807) is 30.2 Å². The SMILES string of the molecule is COc1ccc2nccc([C@@H](O)CC[C@@H]3CCN(CC#Cc4cscn4)C[C@@H]3CO)c2c1. The second-order valence-corrected chi connectivity index (χ2v) is 9.00. The maximum Gasteiger partial charge on any atom is 0.124 e. The van der Waals surface area contributed by atoms with E-state index in [4.69, 9.17) is 4.74 Å². The van der Waals surface area contributed by atoms with E-state index in [9.17, 15) is 10.2 Å². The predicted molar refractivity (Wildman–Crippen MR) is 127 cm³/mol. The molecule has 1 aliphatic heterocycles. The van der Waals surface area contributed by atoms with Gasteiger partial charge in [-0.1, -0.05) is 5.92 Å². The highest BCUT2D eigenvalue weighted by Gasteiger charge is 2.29. The van der Waals surface area contributed by atoms with Crippen LogP contribution in [0.4, 0.5) is 0 Å². The third-order valence-corrected chi connectivity index (χ3v) is 6.90. The van der Waals surface area contributed by atoms with Crippen LogP contribution in [-0.2, 0) is 0 Å². The van der Waals surface area contributed by atoms with Gasteiger partial charge in [-0.25, -0.2) is 4.98 Å². The lowest BCUT2D eigenvalue weighted by atomic mass is 9.81. The Morgan fingerprint density at radius 3 is 2.97 bits per heavy atom. The third-order valence-electron chi connectivity index (χ3n) is 6.31. The number of likely N-dealkylation sites (tertiary alicyclic amines) is 1. The molecule has 168 valence electrons. The van der Waals surface area contributed by atoms with Crippen molar-refractivity contribution >= 4 is 22.2 Å². The molecule has 1 saturated heterocycles. The van der Waals surface area contributed by atoms with Gasteiger partial charge in [-0.3, -0.25) is 9.88 Å². The Morgan fingerprint density at radius 1 is 1.28 bits per heavy atom. The zero-order valence-electron chi connectivity index (χ0n) is 18.3. The quantitative estimate of drug-likeness (QED) is 0.536. The van der Waals surface area contributed by atoms with Crippen molar-refractivity contribution in [1.29, 1.82) is 0 Å². The van der Waals surface area contributed by atoms with E-state index in [0.29, 0.717) is 18.9 Å². The summed E-state index contributed by atoms with van der Waals surface area (Å²) >= 11 is 1.55. The standard InChI is InChI=1S/C25H29N3O3S/c1-31-21-5-6-24-23(13-21)22(8-10-26-24)25(30)7-4-18-9-12-28(14-19(18)15-29)11-2-3-20-16-32-17-27-20/h5-6,8,10,13,16-19,25,29-30H,4,7,9,11-12,14-15H2,1H3/t18-,19-,25+/m1/s1. The number of fused-ring (bicyclic) bond motifs is 1. The van der Waals surface area contributed by atoms with Crippen LogP contribution >= 0.6 is 11.3 Å². The van der Waals surface area contributed by atoms with E-state index >= 15 is 0 Å². The van der Waals surface area contributed by atoms with Crippen LogP contribution < -0.4 is 4.74 Å². The number of rotatable bonds is 7. The van der Waals surface area contributed by atoms with E-state index in [0.717, 1.165) is 53.8 Å². The Hall–Kier alpha value is -2.50. The molecule has 0 radical (unpaired) electrons. The van der Waals surface area contributed by atoms with Crippen molar-refractivity contribution < 1.29 is 14.9 Å². The molecule has 7 heteroatoms. The Bertz CT molecular complexity index is 1080. The number of benzene rings is 1. The van der Waals surface area contributed by atoms with Gasteiger partial charge in [0.2, 0.25) is 0 Å². The number of aliphatic hydroxyl groups excluding tert-OH is 2. The van der Waals surface area contributed by atoms with Gasteiger partial charge in [0, 0.05) is 30.1 Å². The number of hydrogen-bond acceptors (Lipinski definition) is 7. The molecule has 1 fully saturated rings. The molecule has 0 spiro atoms. The monoisotopic (exact) mass is 451 g/mol. The molecule has 0 unspecified atom stereocenters. The number of thiazole rings is 1. The van der Waals surface area contributed by atoms with E-state index in [1.165, 1.54) is 0 Å². The number of pyridine rings is 1. The van der Waals surface area contributed by atoms with Gasteiger partial charge >= 0.3 is 0 Å². The Labute approximate surface area is 192 Å². The summed E-state index contributed by atoms with van der Waals surface area (Å²) in [5.74, 6) is 7.64. The third kappa shape index (κ3) is 5.45. The molecule has 0 bridgehead atoms. The van der Waals surface area contributed by atoms with E-state index < -0.39 is 6.10 Å². The van der Waals surface area contributed by atoms with E-state index in [1.807, 2.05) is 29.6 Å². The van der Waals surface area contributed by atoms with Crippen molar-refractivity contribution in [3.05, 3.63) is 52.6 Å². The number of ether oxygens (including phenoxy) is 1. The molecule has 0 aliphatic carbocycles. The average molecular weight is 452 g/mol. The van der Waals surface area contributed by atoms with Crippen LogP contribution in [0.25, 0.3) is 10.9 Å². The molecule has 3 heterocycles. The molecular formula is C25H29N3O3S. The van der Waals surface area contributed by atoms with Gasteiger partial charge in [-0.15, -0.1) is 11.3 Å². The molecule has 32 heavy (non-hydrogen) atoms. The highest BCUT2D eigenvalue weighted by Crippen LogP contribution is 2.33. The van der Waals surface area contributed by atoms with Crippen molar-refractivity contribution in [2.24, 2.45) is 11.8 Å². The first-order chi connectivity index (χ1) is 15.7. The molecule has 1 aromatic carbocycles. The van der Waals surface area contributed by atoms with Gasteiger partial charge in [0.05, 0.1) is 30.8 Å². The van der Waals surface area contributed by atoms with Crippen LogP contribution in [0, 0.1) is 23.7 Å². The minimum Gasteiger partial charge on any atom is -0.497 e. The zero-order valence-corrected chi connectivity index (χ0v) is 19.1. The Balaban J connectivity index is 1.35. The second-order valence-electron chi connectivity index (χ2n) is 8.28. The summed E-state index contributed by atoms with van der Waals surface area (Å²) in [6, 6.07) is 7.62. The predicted octanol–water partition coefficient (Wildman–Crippen LogP) is 3.50. The molecule has 0 saturated carbocycles. The normalized spacial score (nSPS) is 20.0. The molecule has 6 nitrogen and oxygen atoms in total. The van der Waals surface area contributed by atoms with Gasteiger partial charge in [-0.05, 0) is 73.4 Å². The average Bonchev–Trinajstić information content (AvgIpc) is 3.35. The maximum absolute atomic E-state index is 11.0. The van der Waals surface area contributed by atoms with Gasteiger partial charge in [0.15, 0.2) is 0 Å². The minimum absolute atomic E-state index is 0.159. The Morgan fingerprint density at radius 2 is 2.19 bits per heavy atom. The van der Waals surface area contributed by atoms with Crippen molar-refractivity contribution in [2.75, 3.05) is 33.4 Å². The first kappa shape index (κ1) is 22.7. The highest BCUT2D eigenvalue weighted by molar-refractivity contribution is 7.07. The van der Waals surface area contributed by atoms with Gasteiger partial charge in [-0.2, -0.15) is 0 Å². The summed E-state index contributed by atoms with van der Waals surface area (Å²) < 4.78 is 5.35. The summed E-state index contributed by atoms with van der Waals surface area (Å²) in [4.78, 5) is 10.9. The smallest absolute Gasteiger partial charge is 0.124 e. The first-order valence-electron chi connectivity index (χ1n) is 11.0.